The average Bonchev–Trinajstić information content (AvgIpc) is 2.53. The zero-order chi connectivity index (χ0) is 15.2. The summed E-state index contributed by atoms with van der Waals surface area (Å²) in [7, 11) is 0. The van der Waals surface area contributed by atoms with E-state index in [1.807, 2.05) is 30.0 Å². The molecule has 0 aromatic heterocycles. The molecule has 1 aliphatic heterocycles. The molecule has 0 saturated carbocycles. The van der Waals surface area contributed by atoms with Crippen molar-refractivity contribution >= 4 is 17.5 Å². The third-order valence-electron chi connectivity index (χ3n) is 3.49. The summed E-state index contributed by atoms with van der Waals surface area (Å²) in [5.41, 5.74) is 0.644. The normalized spacial score (nSPS) is 22.1. The predicted octanol–water partition coefficient (Wildman–Crippen LogP) is 2.94. The second kappa shape index (κ2) is 7.66. The van der Waals surface area contributed by atoms with Crippen LogP contribution in [0.5, 0.6) is 5.75 Å². The molecular formula is C16H22ClNO3. The van der Waals surface area contributed by atoms with Gasteiger partial charge in [-0.25, -0.2) is 0 Å². The highest BCUT2D eigenvalue weighted by Crippen LogP contribution is 2.19. The van der Waals surface area contributed by atoms with Crippen LogP contribution in [0.3, 0.4) is 0 Å². The fourth-order valence-electron chi connectivity index (χ4n) is 2.30. The van der Waals surface area contributed by atoms with Crippen LogP contribution < -0.4 is 4.74 Å². The van der Waals surface area contributed by atoms with E-state index in [1.165, 1.54) is 0 Å². The van der Waals surface area contributed by atoms with Crippen molar-refractivity contribution in [3.05, 3.63) is 29.8 Å². The third-order valence-corrected chi connectivity index (χ3v) is 3.84. The number of halogens is 1. The van der Waals surface area contributed by atoms with Gasteiger partial charge in [0.05, 0.1) is 31.2 Å². The molecular weight excluding hydrogens is 290 g/mol. The molecule has 0 radical (unpaired) electrons. The Bertz CT molecular complexity index is 480. The fourth-order valence-corrected chi connectivity index (χ4v) is 2.49. The Balaban J connectivity index is 2.11. The minimum absolute atomic E-state index is 0.00265. The summed E-state index contributed by atoms with van der Waals surface area (Å²) in [5.74, 6) is 1.14. The zero-order valence-corrected chi connectivity index (χ0v) is 13.3. The number of hydrogen-bond acceptors (Lipinski definition) is 3. The molecule has 2 unspecified atom stereocenters. The molecule has 1 aromatic carbocycles. The third kappa shape index (κ3) is 4.11. The van der Waals surface area contributed by atoms with Crippen LogP contribution in [0.2, 0.25) is 0 Å². The number of nitrogens with zero attached hydrogens (tertiary/aromatic N) is 1. The molecule has 0 N–H and O–H groups in total. The molecule has 2 rings (SSSR count). The monoisotopic (exact) mass is 311 g/mol. The highest BCUT2D eigenvalue weighted by atomic mass is 35.5. The first-order valence-electron chi connectivity index (χ1n) is 7.37. The van der Waals surface area contributed by atoms with Gasteiger partial charge in [0.15, 0.2) is 0 Å². The molecule has 2 atom stereocenters. The van der Waals surface area contributed by atoms with Gasteiger partial charge in [-0.3, -0.25) is 4.79 Å². The average molecular weight is 312 g/mol. The fraction of sp³-hybridized carbons (Fsp3) is 0.562. The first-order valence-corrected chi connectivity index (χ1v) is 7.90. The molecule has 0 spiro atoms. The quantitative estimate of drug-likeness (QED) is 0.785. The molecule has 1 saturated heterocycles. The van der Waals surface area contributed by atoms with Crippen LogP contribution in [-0.2, 0) is 4.74 Å². The molecule has 1 aliphatic rings. The number of morpholine rings is 1. The minimum atomic E-state index is -0.0914. The zero-order valence-electron chi connectivity index (χ0n) is 12.5. The van der Waals surface area contributed by atoms with Crippen molar-refractivity contribution < 1.29 is 14.3 Å². The number of benzene rings is 1. The second-order valence-corrected chi connectivity index (χ2v) is 5.60. The predicted molar refractivity (Wildman–Crippen MR) is 83.2 cm³/mol. The first kappa shape index (κ1) is 16.1. The molecule has 4 nitrogen and oxygen atoms in total. The second-order valence-electron chi connectivity index (χ2n) is 5.29. The molecule has 0 aliphatic carbocycles. The van der Waals surface area contributed by atoms with Gasteiger partial charge in [0, 0.05) is 12.1 Å². The lowest BCUT2D eigenvalue weighted by atomic mass is 10.1. The molecule has 1 fully saturated rings. The van der Waals surface area contributed by atoms with Crippen molar-refractivity contribution in [2.75, 3.05) is 25.6 Å². The highest BCUT2D eigenvalue weighted by Gasteiger charge is 2.29. The molecule has 5 heteroatoms. The maximum Gasteiger partial charge on any atom is 0.254 e. The summed E-state index contributed by atoms with van der Waals surface area (Å²) < 4.78 is 11.2. The lowest BCUT2D eigenvalue weighted by Gasteiger charge is -2.37. The van der Waals surface area contributed by atoms with Gasteiger partial charge in [-0.2, -0.15) is 0 Å². The Morgan fingerprint density at radius 3 is 3.05 bits per heavy atom. The Kier molecular flexibility index (Phi) is 5.88. The van der Waals surface area contributed by atoms with E-state index in [0.717, 1.165) is 12.2 Å². The minimum Gasteiger partial charge on any atom is -0.494 e. The van der Waals surface area contributed by atoms with E-state index in [2.05, 4.69) is 6.92 Å². The standard InChI is InChI=1S/C16H22ClNO3/c1-3-7-20-14-6-4-5-13(8-14)16(19)18-10-15(9-17)21-11-12(18)2/h4-6,8,12,15H,3,7,9-11H2,1-2H3. The van der Waals surface area contributed by atoms with Crippen LogP contribution in [0.15, 0.2) is 24.3 Å². The van der Waals surface area contributed by atoms with Crippen molar-refractivity contribution in [1.29, 1.82) is 0 Å². The molecule has 116 valence electrons. The first-order chi connectivity index (χ1) is 10.2. The van der Waals surface area contributed by atoms with Crippen LogP contribution in [0, 0.1) is 0 Å². The van der Waals surface area contributed by atoms with Gasteiger partial charge in [-0.15, -0.1) is 11.6 Å². The molecule has 21 heavy (non-hydrogen) atoms. The SMILES string of the molecule is CCCOc1cccc(C(=O)N2CC(CCl)OCC2C)c1. The summed E-state index contributed by atoms with van der Waals surface area (Å²) in [6, 6.07) is 7.39. The van der Waals surface area contributed by atoms with Crippen LogP contribution in [0.4, 0.5) is 0 Å². The number of rotatable bonds is 5. The van der Waals surface area contributed by atoms with E-state index in [9.17, 15) is 4.79 Å². The lowest BCUT2D eigenvalue weighted by molar-refractivity contribution is -0.0371. The van der Waals surface area contributed by atoms with E-state index in [1.54, 1.807) is 6.07 Å². The van der Waals surface area contributed by atoms with Crippen molar-refractivity contribution in [2.45, 2.75) is 32.4 Å². The summed E-state index contributed by atoms with van der Waals surface area (Å²) in [6.45, 7) is 5.75. The Labute approximate surface area is 131 Å². The van der Waals surface area contributed by atoms with E-state index in [-0.39, 0.29) is 18.1 Å². The smallest absolute Gasteiger partial charge is 0.254 e. The van der Waals surface area contributed by atoms with E-state index >= 15 is 0 Å². The topological polar surface area (TPSA) is 38.8 Å². The van der Waals surface area contributed by atoms with Crippen LogP contribution in [0.1, 0.15) is 30.6 Å². The van der Waals surface area contributed by atoms with Crippen LogP contribution >= 0.6 is 11.6 Å². The molecule has 0 bridgehead atoms. The van der Waals surface area contributed by atoms with Crippen molar-refractivity contribution in [3.63, 3.8) is 0 Å². The number of alkyl halides is 1. The molecule has 1 aromatic rings. The maximum absolute atomic E-state index is 12.7. The maximum atomic E-state index is 12.7. The number of hydrogen-bond donors (Lipinski definition) is 0. The summed E-state index contributed by atoms with van der Waals surface area (Å²) in [4.78, 5) is 14.5. The number of amides is 1. The van der Waals surface area contributed by atoms with Crippen molar-refractivity contribution in [3.8, 4) is 5.75 Å². The number of carbonyl (C=O) groups excluding carboxylic acids is 1. The van der Waals surface area contributed by atoms with E-state index in [4.69, 9.17) is 21.1 Å². The van der Waals surface area contributed by atoms with E-state index in [0.29, 0.717) is 31.2 Å². The van der Waals surface area contributed by atoms with Crippen LogP contribution in [-0.4, -0.2) is 48.6 Å². The summed E-state index contributed by atoms with van der Waals surface area (Å²) in [6.07, 6.45) is 0.849. The Morgan fingerprint density at radius 2 is 2.33 bits per heavy atom. The van der Waals surface area contributed by atoms with Gasteiger partial charge in [0.2, 0.25) is 0 Å². The van der Waals surface area contributed by atoms with Gasteiger partial charge in [0.1, 0.15) is 5.75 Å². The Hall–Kier alpha value is -1.26. The largest absolute Gasteiger partial charge is 0.494 e. The van der Waals surface area contributed by atoms with Crippen molar-refractivity contribution in [1.82, 2.24) is 4.90 Å². The van der Waals surface area contributed by atoms with Gasteiger partial charge >= 0.3 is 0 Å². The highest BCUT2D eigenvalue weighted by molar-refractivity contribution is 6.18. The summed E-state index contributed by atoms with van der Waals surface area (Å²) in [5, 5.41) is 0. The van der Waals surface area contributed by atoms with Gasteiger partial charge in [-0.05, 0) is 31.5 Å². The molecule has 1 heterocycles. The van der Waals surface area contributed by atoms with Crippen molar-refractivity contribution in [2.24, 2.45) is 0 Å². The molecule has 1 amide bonds. The van der Waals surface area contributed by atoms with Gasteiger partial charge < -0.3 is 14.4 Å². The van der Waals surface area contributed by atoms with Crippen LogP contribution in [0.25, 0.3) is 0 Å². The summed E-state index contributed by atoms with van der Waals surface area (Å²) >= 11 is 5.84. The number of carbonyl (C=O) groups is 1. The van der Waals surface area contributed by atoms with E-state index < -0.39 is 0 Å². The van der Waals surface area contributed by atoms with Gasteiger partial charge in [0.25, 0.3) is 5.91 Å². The Morgan fingerprint density at radius 1 is 1.52 bits per heavy atom. The lowest BCUT2D eigenvalue weighted by Crippen LogP contribution is -2.51. The van der Waals surface area contributed by atoms with Gasteiger partial charge in [-0.1, -0.05) is 13.0 Å². The number of ether oxygens (including phenoxy) is 2.